The zero-order valence-corrected chi connectivity index (χ0v) is 14.8. The van der Waals surface area contributed by atoms with Crippen LogP contribution in [-0.4, -0.2) is 21.6 Å². The summed E-state index contributed by atoms with van der Waals surface area (Å²) in [6.07, 6.45) is 0.106. The molecule has 0 atom stereocenters. The molecule has 5 heteroatoms. The van der Waals surface area contributed by atoms with Gasteiger partial charge in [-0.05, 0) is 53.7 Å². The van der Waals surface area contributed by atoms with Crippen LogP contribution in [0.2, 0.25) is 0 Å². The summed E-state index contributed by atoms with van der Waals surface area (Å²) >= 11 is 0. The van der Waals surface area contributed by atoms with Gasteiger partial charge in [-0.25, -0.2) is 4.98 Å². The van der Waals surface area contributed by atoms with E-state index in [4.69, 9.17) is 4.74 Å². The lowest BCUT2D eigenvalue weighted by atomic mass is 10.1. The van der Waals surface area contributed by atoms with Gasteiger partial charge in [0.25, 0.3) is 0 Å². The van der Waals surface area contributed by atoms with E-state index in [0.29, 0.717) is 5.95 Å². The van der Waals surface area contributed by atoms with Crippen molar-refractivity contribution in [3.63, 3.8) is 0 Å². The number of hydrogen-bond acceptors (Lipinski definition) is 5. The first-order valence-electron chi connectivity index (χ1n) is 7.89. The third-order valence-corrected chi connectivity index (χ3v) is 2.85. The van der Waals surface area contributed by atoms with E-state index < -0.39 is 0 Å². The summed E-state index contributed by atoms with van der Waals surface area (Å²) in [5, 5.41) is 6.63. The summed E-state index contributed by atoms with van der Waals surface area (Å²) < 4.78 is 5.82. The Kier molecular flexibility index (Phi) is 5.08. The fourth-order valence-corrected chi connectivity index (χ4v) is 2.12. The number of aryl methyl sites for hydroxylation is 1. The van der Waals surface area contributed by atoms with E-state index >= 15 is 0 Å². The Hall–Kier alpha value is -2.30. The second-order valence-corrected chi connectivity index (χ2v) is 6.88. The second kappa shape index (κ2) is 6.86. The molecule has 1 aromatic carbocycles. The molecule has 0 amide bonds. The Balaban J connectivity index is 2.27. The first-order chi connectivity index (χ1) is 10.7. The number of aromatic nitrogens is 2. The van der Waals surface area contributed by atoms with E-state index in [1.165, 1.54) is 0 Å². The molecule has 0 aliphatic heterocycles. The minimum absolute atomic E-state index is 0.0588. The highest BCUT2D eigenvalue weighted by molar-refractivity contribution is 5.63. The number of ether oxygens (including phenoxy) is 1. The van der Waals surface area contributed by atoms with Crippen LogP contribution in [0.3, 0.4) is 0 Å². The highest BCUT2D eigenvalue weighted by atomic mass is 16.5. The molecule has 0 fully saturated rings. The third-order valence-electron chi connectivity index (χ3n) is 2.85. The minimum Gasteiger partial charge on any atom is -0.489 e. The Morgan fingerprint density at radius 3 is 2.43 bits per heavy atom. The quantitative estimate of drug-likeness (QED) is 0.849. The highest BCUT2D eigenvalue weighted by Gasteiger charge is 2.13. The topological polar surface area (TPSA) is 59.1 Å². The molecular weight excluding hydrogens is 288 g/mol. The van der Waals surface area contributed by atoms with Crippen molar-refractivity contribution in [3.05, 3.63) is 36.0 Å². The third kappa shape index (κ3) is 5.43. The maximum atomic E-state index is 5.82. The van der Waals surface area contributed by atoms with Crippen molar-refractivity contribution in [2.24, 2.45) is 0 Å². The molecule has 2 aromatic rings. The Bertz CT molecular complexity index is 662. The van der Waals surface area contributed by atoms with Crippen LogP contribution in [0.1, 0.15) is 40.3 Å². The Morgan fingerprint density at radius 2 is 1.78 bits per heavy atom. The molecule has 0 radical (unpaired) electrons. The van der Waals surface area contributed by atoms with Crippen LogP contribution in [-0.2, 0) is 0 Å². The molecule has 1 heterocycles. The lowest BCUT2D eigenvalue weighted by Gasteiger charge is -2.22. The lowest BCUT2D eigenvalue weighted by molar-refractivity contribution is 0.244. The van der Waals surface area contributed by atoms with Crippen molar-refractivity contribution < 1.29 is 4.74 Å². The number of nitrogens with zero attached hydrogens (tertiary/aromatic N) is 2. The van der Waals surface area contributed by atoms with E-state index in [-0.39, 0.29) is 11.6 Å². The summed E-state index contributed by atoms with van der Waals surface area (Å²) in [5.74, 6) is 2.14. The summed E-state index contributed by atoms with van der Waals surface area (Å²) in [4.78, 5) is 9.01. The summed E-state index contributed by atoms with van der Waals surface area (Å²) in [5.41, 5.74) is 1.70. The molecule has 2 rings (SSSR count). The van der Waals surface area contributed by atoms with Crippen LogP contribution in [0.15, 0.2) is 30.3 Å². The lowest BCUT2D eigenvalue weighted by Crippen LogP contribution is -2.27. The zero-order chi connectivity index (χ0) is 17.0. The van der Waals surface area contributed by atoms with Gasteiger partial charge in [-0.1, -0.05) is 12.1 Å². The van der Waals surface area contributed by atoms with Gasteiger partial charge in [0.2, 0.25) is 5.95 Å². The average Bonchev–Trinajstić information content (AvgIpc) is 2.37. The smallest absolute Gasteiger partial charge is 0.229 e. The number of para-hydroxylation sites is 2. The van der Waals surface area contributed by atoms with Gasteiger partial charge >= 0.3 is 0 Å². The van der Waals surface area contributed by atoms with Gasteiger partial charge in [0, 0.05) is 17.3 Å². The van der Waals surface area contributed by atoms with E-state index in [1.54, 1.807) is 0 Å². The van der Waals surface area contributed by atoms with E-state index in [0.717, 1.165) is 22.9 Å². The molecule has 23 heavy (non-hydrogen) atoms. The number of nitrogens with one attached hydrogen (secondary N) is 2. The van der Waals surface area contributed by atoms with Crippen LogP contribution in [0.5, 0.6) is 5.75 Å². The molecule has 5 nitrogen and oxygen atoms in total. The number of anilines is 3. The molecule has 0 saturated carbocycles. The second-order valence-electron chi connectivity index (χ2n) is 6.88. The van der Waals surface area contributed by atoms with Gasteiger partial charge in [-0.15, -0.1) is 0 Å². The molecule has 0 bridgehead atoms. The minimum atomic E-state index is -0.0588. The van der Waals surface area contributed by atoms with Crippen molar-refractivity contribution in [3.8, 4) is 5.75 Å². The maximum absolute atomic E-state index is 5.82. The van der Waals surface area contributed by atoms with Crippen LogP contribution < -0.4 is 15.4 Å². The van der Waals surface area contributed by atoms with Gasteiger partial charge in [0.15, 0.2) is 0 Å². The standard InChI is InChI=1S/C18H26N4O/c1-12(2)23-15-10-8-7-9-14(15)20-17-19-13(3)11-16(21-17)22-18(4,5)6/h7-12H,1-6H3,(H2,19,20,21,22). The number of benzene rings is 1. The zero-order valence-electron chi connectivity index (χ0n) is 14.8. The predicted octanol–water partition coefficient (Wildman–Crippen LogP) is 4.53. The molecule has 124 valence electrons. The summed E-state index contributed by atoms with van der Waals surface area (Å²) in [6, 6.07) is 9.74. The molecule has 2 N–H and O–H groups in total. The van der Waals surface area contributed by atoms with Crippen LogP contribution in [0.4, 0.5) is 17.5 Å². The fraction of sp³-hybridized carbons (Fsp3) is 0.444. The van der Waals surface area contributed by atoms with Crippen LogP contribution >= 0.6 is 0 Å². The molecule has 0 spiro atoms. The van der Waals surface area contributed by atoms with Crippen LogP contribution in [0, 0.1) is 6.92 Å². The van der Waals surface area contributed by atoms with Crippen molar-refractivity contribution in [2.75, 3.05) is 10.6 Å². The number of hydrogen-bond donors (Lipinski definition) is 2. The highest BCUT2D eigenvalue weighted by Crippen LogP contribution is 2.27. The van der Waals surface area contributed by atoms with Crippen molar-refractivity contribution >= 4 is 17.5 Å². The van der Waals surface area contributed by atoms with Gasteiger partial charge in [0.05, 0.1) is 11.8 Å². The SMILES string of the molecule is Cc1cc(NC(C)(C)C)nc(Nc2ccccc2OC(C)C)n1. The maximum Gasteiger partial charge on any atom is 0.229 e. The van der Waals surface area contributed by atoms with Crippen molar-refractivity contribution in [2.45, 2.75) is 53.2 Å². The summed E-state index contributed by atoms with van der Waals surface area (Å²) in [6.45, 7) is 12.3. The largest absolute Gasteiger partial charge is 0.489 e. The van der Waals surface area contributed by atoms with Gasteiger partial charge in [-0.3, -0.25) is 0 Å². The van der Waals surface area contributed by atoms with E-state index in [2.05, 4.69) is 41.4 Å². The molecule has 0 saturated heterocycles. The van der Waals surface area contributed by atoms with Crippen molar-refractivity contribution in [1.82, 2.24) is 9.97 Å². The first kappa shape index (κ1) is 17.1. The van der Waals surface area contributed by atoms with E-state index in [9.17, 15) is 0 Å². The Morgan fingerprint density at radius 1 is 1.09 bits per heavy atom. The van der Waals surface area contributed by atoms with Crippen molar-refractivity contribution in [1.29, 1.82) is 0 Å². The molecule has 0 unspecified atom stereocenters. The summed E-state index contributed by atoms with van der Waals surface area (Å²) in [7, 11) is 0. The normalized spacial score (nSPS) is 11.4. The number of rotatable bonds is 5. The first-order valence-corrected chi connectivity index (χ1v) is 7.89. The molecule has 1 aromatic heterocycles. The van der Waals surface area contributed by atoms with Gasteiger partial charge in [0.1, 0.15) is 11.6 Å². The molecular formula is C18H26N4O. The molecule has 0 aliphatic rings. The monoisotopic (exact) mass is 314 g/mol. The average molecular weight is 314 g/mol. The van der Waals surface area contributed by atoms with E-state index in [1.807, 2.05) is 51.1 Å². The van der Waals surface area contributed by atoms with Gasteiger partial charge < -0.3 is 15.4 Å². The fourth-order valence-electron chi connectivity index (χ4n) is 2.12. The predicted molar refractivity (Wildman–Crippen MR) is 95.6 cm³/mol. The molecule has 0 aliphatic carbocycles. The van der Waals surface area contributed by atoms with Gasteiger partial charge in [-0.2, -0.15) is 4.98 Å². The van der Waals surface area contributed by atoms with Crippen LogP contribution in [0.25, 0.3) is 0 Å². The Labute approximate surface area is 138 Å².